The van der Waals surface area contributed by atoms with Crippen LogP contribution in [0.3, 0.4) is 0 Å². The van der Waals surface area contributed by atoms with Gasteiger partial charge in [-0.05, 0) is 37.5 Å². The zero-order valence-electron chi connectivity index (χ0n) is 57.0. The molecule has 0 bridgehead atoms. The molecule has 0 fully saturated rings. The summed E-state index contributed by atoms with van der Waals surface area (Å²) < 4.78 is 68.2. The lowest BCUT2D eigenvalue weighted by Gasteiger charge is -2.21. The van der Waals surface area contributed by atoms with Crippen LogP contribution in [-0.4, -0.2) is 96.7 Å². The number of ether oxygens (including phenoxy) is 4. The molecule has 0 spiro atoms. The Morgan fingerprint density at radius 3 is 0.864 bits per heavy atom. The number of aliphatic hydroxyl groups excluding tert-OH is 1. The molecule has 88 heavy (non-hydrogen) atoms. The average molecular weight is 1300 g/mol. The summed E-state index contributed by atoms with van der Waals surface area (Å²) in [4.78, 5) is 72.5. The quantitative estimate of drug-likeness (QED) is 0.0222. The summed E-state index contributed by atoms with van der Waals surface area (Å²) in [6.45, 7) is 9.51. The summed E-state index contributed by atoms with van der Waals surface area (Å²) in [5.74, 6) is -0.617. The minimum absolute atomic E-state index is 0.106. The number of aliphatic hydroxyl groups is 1. The summed E-state index contributed by atoms with van der Waals surface area (Å²) in [5.41, 5.74) is 0. The highest BCUT2D eigenvalue weighted by molar-refractivity contribution is 7.47. The van der Waals surface area contributed by atoms with E-state index in [9.17, 15) is 43.2 Å². The Hall–Kier alpha value is -1.94. The number of hydrogen-bond acceptors (Lipinski definition) is 15. The summed E-state index contributed by atoms with van der Waals surface area (Å²) in [7, 11) is -9.90. The Kier molecular flexibility index (Phi) is 59.9. The highest BCUT2D eigenvalue weighted by atomic mass is 31.2. The number of rotatable bonds is 68. The van der Waals surface area contributed by atoms with E-state index in [4.69, 9.17) is 37.0 Å². The number of carbonyl (C=O) groups excluding carboxylic acids is 4. The fourth-order valence-electron chi connectivity index (χ4n) is 10.4. The van der Waals surface area contributed by atoms with Crippen molar-refractivity contribution < 1.29 is 80.2 Å². The molecule has 0 rings (SSSR count). The van der Waals surface area contributed by atoms with Crippen LogP contribution in [0.5, 0.6) is 0 Å². The maximum atomic E-state index is 13.0. The number of phosphoric ester groups is 2. The molecule has 0 aromatic rings. The van der Waals surface area contributed by atoms with Gasteiger partial charge in [0.2, 0.25) is 0 Å². The zero-order valence-corrected chi connectivity index (χ0v) is 58.8. The minimum atomic E-state index is -4.95. The van der Waals surface area contributed by atoms with Crippen molar-refractivity contribution in [2.45, 2.75) is 368 Å². The summed E-state index contributed by atoms with van der Waals surface area (Å²) in [6, 6.07) is 0. The number of phosphoric acid groups is 2. The smallest absolute Gasteiger partial charge is 0.462 e. The van der Waals surface area contributed by atoms with Crippen LogP contribution < -0.4 is 0 Å². The van der Waals surface area contributed by atoms with E-state index in [0.29, 0.717) is 25.7 Å². The summed E-state index contributed by atoms with van der Waals surface area (Å²) >= 11 is 0. The van der Waals surface area contributed by atoms with Gasteiger partial charge in [-0.1, -0.05) is 298 Å². The van der Waals surface area contributed by atoms with E-state index in [0.717, 1.165) is 108 Å². The largest absolute Gasteiger partial charge is 0.472 e. The third-order valence-electron chi connectivity index (χ3n) is 16.3. The maximum absolute atomic E-state index is 13.0. The van der Waals surface area contributed by atoms with Gasteiger partial charge in [-0.25, -0.2) is 9.13 Å². The van der Waals surface area contributed by atoms with Gasteiger partial charge in [-0.2, -0.15) is 0 Å². The van der Waals surface area contributed by atoms with Gasteiger partial charge in [-0.15, -0.1) is 0 Å². The van der Waals surface area contributed by atoms with E-state index in [-0.39, 0.29) is 25.7 Å². The Morgan fingerprint density at radius 1 is 0.330 bits per heavy atom. The molecule has 0 radical (unpaired) electrons. The molecule has 17 nitrogen and oxygen atoms in total. The zero-order chi connectivity index (χ0) is 65.0. The normalized spacial score (nSPS) is 14.5. The first-order chi connectivity index (χ1) is 42.4. The first kappa shape index (κ1) is 86.1. The minimum Gasteiger partial charge on any atom is -0.462 e. The second-order valence-electron chi connectivity index (χ2n) is 25.6. The van der Waals surface area contributed by atoms with Crippen molar-refractivity contribution in [3.05, 3.63) is 0 Å². The van der Waals surface area contributed by atoms with Crippen molar-refractivity contribution in [3.63, 3.8) is 0 Å². The lowest BCUT2D eigenvalue weighted by molar-refractivity contribution is -0.161. The van der Waals surface area contributed by atoms with E-state index in [1.54, 1.807) is 0 Å². The van der Waals surface area contributed by atoms with Crippen molar-refractivity contribution in [1.82, 2.24) is 0 Å². The molecule has 522 valence electrons. The second-order valence-corrected chi connectivity index (χ2v) is 28.5. The number of hydrogen-bond donors (Lipinski definition) is 3. The van der Waals surface area contributed by atoms with Gasteiger partial charge < -0.3 is 33.8 Å². The van der Waals surface area contributed by atoms with Crippen LogP contribution in [0.1, 0.15) is 350 Å². The first-order valence-corrected chi connectivity index (χ1v) is 39.0. The van der Waals surface area contributed by atoms with Crippen LogP contribution in [0.2, 0.25) is 0 Å². The molecule has 6 atom stereocenters. The lowest BCUT2D eigenvalue weighted by Crippen LogP contribution is -2.30. The van der Waals surface area contributed by atoms with E-state index >= 15 is 0 Å². The Morgan fingerprint density at radius 2 is 0.580 bits per heavy atom. The van der Waals surface area contributed by atoms with Crippen molar-refractivity contribution in [3.8, 4) is 0 Å². The number of carbonyl (C=O) groups is 4. The molecule has 0 aromatic heterocycles. The van der Waals surface area contributed by atoms with Crippen LogP contribution in [0, 0.1) is 11.8 Å². The number of unbranched alkanes of at least 4 members (excludes halogenated alkanes) is 37. The van der Waals surface area contributed by atoms with E-state index in [1.807, 2.05) is 0 Å². The molecule has 0 amide bonds. The van der Waals surface area contributed by atoms with Crippen molar-refractivity contribution in [2.24, 2.45) is 11.8 Å². The predicted octanol–water partition coefficient (Wildman–Crippen LogP) is 19.6. The van der Waals surface area contributed by atoms with Gasteiger partial charge in [-0.3, -0.25) is 37.3 Å². The molecule has 0 aliphatic carbocycles. The summed E-state index contributed by atoms with van der Waals surface area (Å²) in [5, 5.41) is 10.6. The Bertz CT molecular complexity index is 1720. The van der Waals surface area contributed by atoms with Crippen LogP contribution in [0.15, 0.2) is 0 Å². The Labute approximate surface area is 537 Å². The van der Waals surface area contributed by atoms with Gasteiger partial charge >= 0.3 is 39.5 Å². The molecule has 0 saturated carbocycles. The lowest BCUT2D eigenvalue weighted by atomic mass is 10.00. The highest BCUT2D eigenvalue weighted by Gasteiger charge is 2.30. The molecule has 0 saturated heterocycles. The second kappa shape index (κ2) is 61.3. The number of esters is 4. The van der Waals surface area contributed by atoms with Crippen molar-refractivity contribution in [1.29, 1.82) is 0 Å². The third-order valence-corrected chi connectivity index (χ3v) is 18.2. The summed E-state index contributed by atoms with van der Waals surface area (Å²) in [6.07, 6.45) is 45.7. The van der Waals surface area contributed by atoms with Crippen LogP contribution >= 0.6 is 15.6 Å². The van der Waals surface area contributed by atoms with Crippen LogP contribution in [0.25, 0.3) is 0 Å². The van der Waals surface area contributed by atoms with Gasteiger partial charge in [0, 0.05) is 25.7 Å². The van der Waals surface area contributed by atoms with Crippen molar-refractivity contribution in [2.75, 3.05) is 39.6 Å². The molecule has 0 heterocycles. The fraction of sp³-hybridized carbons (Fsp3) is 0.942. The monoisotopic (exact) mass is 1300 g/mol. The molecule has 19 heteroatoms. The van der Waals surface area contributed by atoms with E-state index in [1.165, 1.54) is 161 Å². The topological polar surface area (TPSA) is 237 Å². The van der Waals surface area contributed by atoms with Gasteiger partial charge in [0.25, 0.3) is 0 Å². The molecule has 0 aromatic carbocycles. The Balaban J connectivity index is 5.25. The predicted molar refractivity (Wildman–Crippen MR) is 354 cm³/mol. The molecule has 3 unspecified atom stereocenters. The van der Waals surface area contributed by atoms with Crippen LogP contribution in [0.4, 0.5) is 0 Å². The fourth-order valence-corrected chi connectivity index (χ4v) is 12.0. The highest BCUT2D eigenvalue weighted by Crippen LogP contribution is 2.45. The van der Waals surface area contributed by atoms with Gasteiger partial charge in [0.1, 0.15) is 19.3 Å². The standard InChI is InChI=1S/C69H134O17P2/c1-7-10-12-14-16-18-20-25-28-32-39-45-51-66(71)79-57-64(85-69(74)54-48-42-34-30-26-22-21-24-27-31-37-43-49-61(4)5)59-83-87(75,76)81-55-63(70)56-82-88(77,78)84-60-65(58-80-67(72)52-46-40-36-35-38-44-50-62(6)9-3)86-68(73)53-47-41-33-29-23-19-17-15-13-11-8-2/h61-65,70H,7-60H2,1-6H3,(H,75,76)(H,77,78)/t62?,63-,64-,65-/m1/s1. The molecule has 3 N–H and O–H groups in total. The van der Waals surface area contributed by atoms with E-state index in [2.05, 4.69) is 41.5 Å². The average Bonchev–Trinajstić information content (AvgIpc) is 3.64. The van der Waals surface area contributed by atoms with Crippen LogP contribution in [-0.2, 0) is 65.4 Å². The van der Waals surface area contributed by atoms with Gasteiger partial charge in [0.05, 0.1) is 26.4 Å². The molecular weight excluding hydrogens is 1160 g/mol. The van der Waals surface area contributed by atoms with Crippen molar-refractivity contribution >= 4 is 39.5 Å². The molecular formula is C69H134O17P2. The molecule has 0 aliphatic heterocycles. The first-order valence-electron chi connectivity index (χ1n) is 36.0. The third kappa shape index (κ3) is 61.6. The SMILES string of the molecule is CCCCCCCCCCCCCCC(=O)OC[C@H](COP(=O)(O)OC[C@@H](O)COP(=O)(O)OC[C@@H](COC(=O)CCCCCCCCC(C)CC)OC(=O)CCCCCCCCCCCCC)OC(=O)CCCCCCCCCCCCCCC(C)C. The van der Waals surface area contributed by atoms with E-state index < -0.39 is 97.5 Å². The van der Waals surface area contributed by atoms with Gasteiger partial charge in [0.15, 0.2) is 12.2 Å². The maximum Gasteiger partial charge on any atom is 0.472 e. The molecule has 0 aliphatic rings.